The molecular formula is C27H27N3O3. The molecule has 6 nitrogen and oxygen atoms in total. The lowest BCUT2D eigenvalue weighted by Gasteiger charge is -2.32. The second kappa shape index (κ2) is 9.96. The molecule has 33 heavy (non-hydrogen) atoms. The van der Waals surface area contributed by atoms with Crippen LogP contribution in [-0.2, 0) is 17.6 Å². The first-order valence-corrected chi connectivity index (χ1v) is 10.8. The van der Waals surface area contributed by atoms with Gasteiger partial charge in [0.1, 0.15) is 23.6 Å². The molecule has 4 rings (SSSR count). The van der Waals surface area contributed by atoms with E-state index >= 15 is 0 Å². The van der Waals surface area contributed by atoms with Gasteiger partial charge in [-0.05, 0) is 59.5 Å². The fourth-order valence-corrected chi connectivity index (χ4v) is 3.82. The fraction of sp³-hybridized carbons (Fsp3) is 0.148. The summed E-state index contributed by atoms with van der Waals surface area (Å²) < 4.78 is 0. The minimum atomic E-state index is -0.441. The molecule has 1 unspecified atom stereocenters. The quantitative estimate of drug-likeness (QED) is 0.399. The Kier molecular flexibility index (Phi) is 6.64. The maximum absolute atomic E-state index is 11.9. The highest BCUT2D eigenvalue weighted by Crippen LogP contribution is 2.25. The van der Waals surface area contributed by atoms with Crippen molar-refractivity contribution >= 4 is 12.0 Å². The molecule has 0 saturated heterocycles. The van der Waals surface area contributed by atoms with Gasteiger partial charge in [0, 0.05) is 19.7 Å². The lowest BCUT2D eigenvalue weighted by Crippen LogP contribution is -2.41. The molecule has 6 heteroatoms. The SMILES string of the molecule is CN1C=C(c2ccc(O)cc2)NC(Cc2ccccc2)=C1NC(C=O)Cc1ccc(O)cc1. The number of carbonyl (C=O) groups is 1. The molecule has 4 N–H and O–H groups in total. The summed E-state index contributed by atoms with van der Waals surface area (Å²) in [4.78, 5) is 13.9. The molecule has 0 amide bonds. The number of benzene rings is 3. The van der Waals surface area contributed by atoms with E-state index in [4.69, 9.17) is 0 Å². The standard InChI is InChI=1S/C27H27N3O3/c1-30-17-26(21-9-13-24(33)14-10-21)29-25(16-19-5-3-2-4-6-19)27(30)28-22(18-31)15-20-7-11-23(32)12-8-20/h2-14,17-18,22,28-29,32-33H,15-16H2,1H3. The number of hydrogen-bond acceptors (Lipinski definition) is 6. The Labute approximate surface area is 193 Å². The molecule has 1 aliphatic heterocycles. The van der Waals surface area contributed by atoms with E-state index in [9.17, 15) is 15.0 Å². The van der Waals surface area contributed by atoms with Crippen molar-refractivity contribution in [2.45, 2.75) is 18.9 Å². The van der Waals surface area contributed by atoms with Crippen LogP contribution >= 0.6 is 0 Å². The topological polar surface area (TPSA) is 84.8 Å². The number of aldehydes is 1. The van der Waals surface area contributed by atoms with Crippen molar-refractivity contribution in [2.24, 2.45) is 0 Å². The number of hydrogen-bond donors (Lipinski definition) is 4. The summed E-state index contributed by atoms with van der Waals surface area (Å²) in [5, 5.41) is 26.1. The van der Waals surface area contributed by atoms with Gasteiger partial charge in [0.05, 0.1) is 17.4 Å². The zero-order chi connectivity index (χ0) is 23.2. The maximum atomic E-state index is 11.9. The van der Waals surface area contributed by atoms with Gasteiger partial charge in [0.2, 0.25) is 0 Å². The Morgan fingerprint density at radius 2 is 1.55 bits per heavy atom. The molecule has 0 bridgehead atoms. The smallest absolute Gasteiger partial charge is 0.142 e. The van der Waals surface area contributed by atoms with E-state index in [1.165, 1.54) is 0 Å². The fourth-order valence-electron chi connectivity index (χ4n) is 3.82. The molecule has 1 aliphatic rings. The number of rotatable bonds is 8. The molecule has 0 radical (unpaired) electrons. The molecule has 0 aromatic heterocycles. The van der Waals surface area contributed by atoms with Crippen molar-refractivity contribution < 1.29 is 15.0 Å². The van der Waals surface area contributed by atoms with Crippen LogP contribution in [-0.4, -0.2) is 34.5 Å². The van der Waals surface area contributed by atoms with Gasteiger partial charge >= 0.3 is 0 Å². The molecule has 0 aliphatic carbocycles. The van der Waals surface area contributed by atoms with Gasteiger partial charge in [-0.1, -0.05) is 42.5 Å². The molecule has 3 aromatic carbocycles. The molecule has 168 valence electrons. The van der Waals surface area contributed by atoms with Crippen molar-refractivity contribution in [3.8, 4) is 11.5 Å². The largest absolute Gasteiger partial charge is 0.508 e. The second-order valence-corrected chi connectivity index (χ2v) is 8.07. The monoisotopic (exact) mass is 441 g/mol. The molecule has 1 atom stereocenters. The van der Waals surface area contributed by atoms with Crippen LogP contribution in [0.1, 0.15) is 16.7 Å². The predicted molar refractivity (Wildman–Crippen MR) is 129 cm³/mol. The van der Waals surface area contributed by atoms with E-state index in [0.717, 1.165) is 40.2 Å². The lowest BCUT2D eigenvalue weighted by atomic mass is 10.0. The Hall–Kier alpha value is -4.19. The molecule has 0 fully saturated rings. The van der Waals surface area contributed by atoms with Crippen LogP contribution in [0.4, 0.5) is 0 Å². The Balaban J connectivity index is 1.61. The number of nitrogens with one attached hydrogen (secondary N) is 2. The van der Waals surface area contributed by atoms with Gasteiger partial charge in [0.25, 0.3) is 0 Å². The van der Waals surface area contributed by atoms with Crippen molar-refractivity contribution in [1.82, 2.24) is 15.5 Å². The Morgan fingerprint density at radius 3 is 2.18 bits per heavy atom. The van der Waals surface area contributed by atoms with E-state index in [2.05, 4.69) is 22.8 Å². The summed E-state index contributed by atoms with van der Waals surface area (Å²) in [5.41, 5.74) is 4.87. The van der Waals surface area contributed by atoms with E-state index in [1.54, 1.807) is 24.3 Å². The van der Waals surface area contributed by atoms with Crippen LogP contribution in [0.25, 0.3) is 5.70 Å². The van der Waals surface area contributed by atoms with Gasteiger partial charge in [-0.2, -0.15) is 0 Å². The van der Waals surface area contributed by atoms with Gasteiger partial charge in [-0.15, -0.1) is 0 Å². The summed E-state index contributed by atoms with van der Waals surface area (Å²) in [7, 11) is 1.94. The van der Waals surface area contributed by atoms with E-state index in [-0.39, 0.29) is 11.5 Å². The summed E-state index contributed by atoms with van der Waals surface area (Å²) in [6, 6.07) is 23.6. The van der Waals surface area contributed by atoms with Crippen molar-refractivity contribution in [2.75, 3.05) is 7.05 Å². The summed E-state index contributed by atoms with van der Waals surface area (Å²) in [6.07, 6.45) is 4.01. The van der Waals surface area contributed by atoms with Crippen LogP contribution in [0, 0.1) is 0 Å². The highest BCUT2D eigenvalue weighted by Gasteiger charge is 2.22. The van der Waals surface area contributed by atoms with Crippen LogP contribution < -0.4 is 10.6 Å². The van der Waals surface area contributed by atoms with Crippen molar-refractivity contribution in [3.05, 3.63) is 113 Å². The first-order chi connectivity index (χ1) is 16.0. The summed E-state index contributed by atoms with van der Waals surface area (Å²) >= 11 is 0. The zero-order valence-corrected chi connectivity index (χ0v) is 18.4. The minimum Gasteiger partial charge on any atom is -0.508 e. The number of nitrogens with zero attached hydrogens (tertiary/aromatic N) is 1. The lowest BCUT2D eigenvalue weighted by molar-refractivity contribution is -0.109. The van der Waals surface area contributed by atoms with Gasteiger partial charge < -0.3 is 30.5 Å². The number of phenols is 2. The van der Waals surface area contributed by atoms with Crippen LogP contribution in [0.5, 0.6) is 11.5 Å². The third-order valence-electron chi connectivity index (χ3n) is 5.53. The van der Waals surface area contributed by atoms with Crippen LogP contribution in [0.2, 0.25) is 0 Å². The third kappa shape index (κ3) is 5.54. The van der Waals surface area contributed by atoms with Crippen LogP contribution in [0.15, 0.2) is 96.6 Å². The molecule has 0 saturated carbocycles. The first-order valence-electron chi connectivity index (χ1n) is 10.8. The highest BCUT2D eigenvalue weighted by atomic mass is 16.3. The second-order valence-electron chi connectivity index (χ2n) is 8.07. The Bertz CT molecular complexity index is 1150. The zero-order valence-electron chi connectivity index (χ0n) is 18.4. The maximum Gasteiger partial charge on any atom is 0.142 e. The van der Waals surface area contributed by atoms with Gasteiger partial charge in [0.15, 0.2) is 0 Å². The first kappa shape index (κ1) is 22.0. The highest BCUT2D eigenvalue weighted by molar-refractivity contribution is 5.68. The summed E-state index contributed by atoms with van der Waals surface area (Å²) in [5.74, 6) is 1.23. The van der Waals surface area contributed by atoms with E-state index in [1.807, 2.05) is 60.6 Å². The predicted octanol–water partition coefficient (Wildman–Crippen LogP) is 3.74. The summed E-state index contributed by atoms with van der Waals surface area (Å²) in [6.45, 7) is 0. The Morgan fingerprint density at radius 1 is 0.909 bits per heavy atom. The number of carbonyl (C=O) groups excluding carboxylic acids is 1. The van der Waals surface area contributed by atoms with Crippen molar-refractivity contribution in [1.29, 1.82) is 0 Å². The van der Waals surface area contributed by atoms with Crippen LogP contribution in [0.3, 0.4) is 0 Å². The average molecular weight is 442 g/mol. The van der Waals surface area contributed by atoms with Crippen molar-refractivity contribution in [3.63, 3.8) is 0 Å². The normalized spacial score (nSPS) is 14.3. The third-order valence-corrected chi connectivity index (χ3v) is 5.53. The van der Waals surface area contributed by atoms with E-state index in [0.29, 0.717) is 12.8 Å². The number of aromatic hydroxyl groups is 2. The number of allylic oxidation sites excluding steroid dienone is 1. The van der Waals surface area contributed by atoms with Gasteiger partial charge in [-0.25, -0.2) is 0 Å². The molecule has 3 aromatic rings. The molecule has 0 spiro atoms. The molecule has 1 heterocycles. The average Bonchev–Trinajstić information content (AvgIpc) is 2.83. The van der Waals surface area contributed by atoms with Gasteiger partial charge in [-0.3, -0.25) is 0 Å². The molecular weight excluding hydrogens is 414 g/mol. The van der Waals surface area contributed by atoms with E-state index < -0.39 is 6.04 Å². The number of phenolic OH excluding ortho intramolecular Hbond substituents is 2. The minimum absolute atomic E-state index is 0.199.